The minimum atomic E-state index is -0.315. The predicted octanol–water partition coefficient (Wildman–Crippen LogP) is 1.05. The van der Waals surface area contributed by atoms with E-state index >= 15 is 0 Å². The van der Waals surface area contributed by atoms with Gasteiger partial charge in [0.25, 0.3) is 0 Å². The molecule has 15 heavy (non-hydrogen) atoms. The summed E-state index contributed by atoms with van der Waals surface area (Å²) in [6, 6.07) is 7.78. The third kappa shape index (κ3) is 1.82. The van der Waals surface area contributed by atoms with Crippen LogP contribution in [-0.2, 0) is 6.54 Å². The first-order valence-electron chi connectivity index (χ1n) is 4.51. The second-order valence-corrected chi connectivity index (χ2v) is 3.16. The normalized spacial score (nSPS) is 10.5. The molecular formula is C10H11FN4. The first kappa shape index (κ1) is 9.67. The lowest BCUT2D eigenvalue weighted by molar-refractivity contribution is 0.624. The molecule has 0 fully saturated rings. The van der Waals surface area contributed by atoms with Crippen molar-refractivity contribution in [1.82, 2.24) is 9.78 Å². The summed E-state index contributed by atoms with van der Waals surface area (Å²) in [7, 11) is 0. The molecule has 0 aliphatic rings. The van der Waals surface area contributed by atoms with Gasteiger partial charge in [-0.25, -0.2) is 9.07 Å². The molecule has 0 unspecified atom stereocenters. The molecule has 0 spiro atoms. The van der Waals surface area contributed by atoms with Gasteiger partial charge in [-0.2, -0.15) is 5.10 Å². The van der Waals surface area contributed by atoms with E-state index in [0.717, 1.165) is 5.69 Å². The van der Waals surface area contributed by atoms with Gasteiger partial charge in [0, 0.05) is 12.6 Å². The second-order valence-electron chi connectivity index (χ2n) is 3.16. The monoisotopic (exact) mass is 206 g/mol. The molecule has 2 aromatic rings. The van der Waals surface area contributed by atoms with E-state index in [0.29, 0.717) is 18.1 Å². The Balaban J connectivity index is 2.53. The molecule has 4 N–H and O–H groups in total. The molecule has 2 rings (SSSR count). The second kappa shape index (κ2) is 3.70. The highest BCUT2D eigenvalue weighted by Gasteiger charge is 2.06. The minimum absolute atomic E-state index is 0.306. The molecular weight excluding hydrogens is 195 g/mol. The largest absolute Gasteiger partial charge is 0.382 e. The number of aromatic nitrogens is 2. The van der Waals surface area contributed by atoms with Gasteiger partial charge in [0.2, 0.25) is 0 Å². The van der Waals surface area contributed by atoms with Crippen molar-refractivity contribution in [3.8, 4) is 5.69 Å². The predicted molar refractivity (Wildman–Crippen MR) is 55.8 cm³/mol. The molecule has 0 bridgehead atoms. The summed E-state index contributed by atoms with van der Waals surface area (Å²) in [5, 5.41) is 4.04. The molecule has 5 heteroatoms. The first-order valence-corrected chi connectivity index (χ1v) is 4.51. The fourth-order valence-corrected chi connectivity index (χ4v) is 1.42. The lowest BCUT2D eigenvalue weighted by Crippen LogP contribution is -2.06. The molecule has 78 valence electrons. The lowest BCUT2D eigenvalue weighted by atomic mass is 10.3. The number of nitrogen functional groups attached to an aromatic ring is 1. The topological polar surface area (TPSA) is 69.9 Å². The van der Waals surface area contributed by atoms with Gasteiger partial charge in [0.15, 0.2) is 0 Å². The van der Waals surface area contributed by atoms with E-state index in [2.05, 4.69) is 5.10 Å². The Hall–Kier alpha value is -1.88. The Labute approximate surface area is 86.3 Å². The van der Waals surface area contributed by atoms with Crippen LogP contribution in [0.1, 0.15) is 5.69 Å². The Morgan fingerprint density at radius 3 is 2.80 bits per heavy atom. The van der Waals surface area contributed by atoms with Gasteiger partial charge in [-0.15, -0.1) is 0 Å². The van der Waals surface area contributed by atoms with E-state index < -0.39 is 0 Å². The highest BCUT2D eigenvalue weighted by Crippen LogP contribution is 2.14. The summed E-state index contributed by atoms with van der Waals surface area (Å²) in [6.45, 7) is 0.306. The van der Waals surface area contributed by atoms with E-state index in [-0.39, 0.29) is 5.82 Å². The molecule has 0 amide bonds. The van der Waals surface area contributed by atoms with Crippen LogP contribution in [-0.4, -0.2) is 9.78 Å². The average Bonchev–Trinajstić information content (AvgIpc) is 2.59. The number of rotatable bonds is 2. The van der Waals surface area contributed by atoms with Crippen LogP contribution in [0.2, 0.25) is 0 Å². The highest BCUT2D eigenvalue weighted by atomic mass is 19.1. The number of hydrogen-bond acceptors (Lipinski definition) is 3. The van der Waals surface area contributed by atoms with E-state index in [1.807, 2.05) is 0 Å². The first-order chi connectivity index (χ1) is 7.20. The molecule has 1 aromatic heterocycles. The van der Waals surface area contributed by atoms with Crippen molar-refractivity contribution in [1.29, 1.82) is 0 Å². The molecule has 1 heterocycles. The van der Waals surface area contributed by atoms with Crippen molar-refractivity contribution in [3.63, 3.8) is 0 Å². The van der Waals surface area contributed by atoms with Crippen LogP contribution in [0.15, 0.2) is 30.3 Å². The van der Waals surface area contributed by atoms with Crippen LogP contribution in [0.3, 0.4) is 0 Å². The molecule has 0 aliphatic carbocycles. The van der Waals surface area contributed by atoms with Crippen LogP contribution in [0, 0.1) is 5.82 Å². The summed E-state index contributed by atoms with van der Waals surface area (Å²) in [5.74, 6) is 0.0595. The van der Waals surface area contributed by atoms with E-state index in [1.165, 1.54) is 12.1 Å². The zero-order valence-corrected chi connectivity index (χ0v) is 8.02. The summed E-state index contributed by atoms with van der Waals surface area (Å²) in [6.07, 6.45) is 0. The van der Waals surface area contributed by atoms with Crippen LogP contribution in [0.25, 0.3) is 5.69 Å². The molecule has 0 atom stereocenters. The molecule has 4 nitrogen and oxygen atoms in total. The zero-order chi connectivity index (χ0) is 10.8. The van der Waals surface area contributed by atoms with Gasteiger partial charge in [-0.1, -0.05) is 6.07 Å². The van der Waals surface area contributed by atoms with E-state index in [9.17, 15) is 4.39 Å². The van der Waals surface area contributed by atoms with Gasteiger partial charge < -0.3 is 11.5 Å². The molecule has 0 saturated heterocycles. The highest BCUT2D eigenvalue weighted by molar-refractivity contribution is 5.38. The summed E-state index contributed by atoms with van der Waals surface area (Å²) in [4.78, 5) is 0. The molecule has 0 radical (unpaired) electrons. The Morgan fingerprint density at radius 1 is 1.33 bits per heavy atom. The Kier molecular flexibility index (Phi) is 2.39. The van der Waals surface area contributed by atoms with Crippen molar-refractivity contribution < 1.29 is 4.39 Å². The summed E-state index contributed by atoms with van der Waals surface area (Å²) in [5.41, 5.74) is 12.4. The summed E-state index contributed by atoms with van der Waals surface area (Å²) < 4.78 is 14.5. The number of nitrogens with zero attached hydrogens (tertiary/aromatic N) is 2. The van der Waals surface area contributed by atoms with Gasteiger partial charge in [0.05, 0.1) is 11.4 Å². The number of hydrogen-bond donors (Lipinski definition) is 2. The minimum Gasteiger partial charge on any atom is -0.382 e. The van der Waals surface area contributed by atoms with Gasteiger partial charge >= 0.3 is 0 Å². The van der Waals surface area contributed by atoms with Crippen molar-refractivity contribution in [2.75, 3.05) is 5.73 Å². The molecule has 0 saturated carbocycles. The van der Waals surface area contributed by atoms with Crippen molar-refractivity contribution >= 4 is 5.82 Å². The van der Waals surface area contributed by atoms with Gasteiger partial charge in [-0.05, 0) is 18.2 Å². The van der Waals surface area contributed by atoms with Crippen molar-refractivity contribution in [2.45, 2.75) is 6.54 Å². The number of anilines is 1. The third-order valence-electron chi connectivity index (χ3n) is 2.06. The average molecular weight is 206 g/mol. The molecule has 1 aromatic carbocycles. The fraction of sp³-hybridized carbons (Fsp3) is 0.100. The maximum Gasteiger partial charge on any atom is 0.146 e. The SMILES string of the molecule is NCc1cc(N)nn1-c1cccc(F)c1. The van der Waals surface area contributed by atoms with Crippen LogP contribution in [0.4, 0.5) is 10.2 Å². The maximum atomic E-state index is 13.0. The molecule has 0 aliphatic heterocycles. The van der Waals surface area contributed by atoms with E-state index in [4.69, 9.17) is 11.5 Å². The number of benzene rings is 1. The lowest BCUT2D eigenvalue weighted by Gasteiger charge is -2.04. The van der Waals surface area contributed by atoms with Gasteiger partial charge in [0.1, 0.15) is 11.6 Å². The maximum absolute atomic E-state index is 13.0. The van der Waals surface area contributed by atoms with Crippen LogP contribution in [0.5, 0.6) is 0 Å². The standard InChI is InChI=1S/C10H11FN4/c11-7-2-1-3-8(4-7)15-9(6-12)5-10(13)14-15/h1-5H,6,12H2,(H2,13,14). The van der Waals surface area contributed by atoms with Crippen LogP contribution >= 0.6 is 0 Å². The van der Waals surface area contributed by atoms with Crippen molar-refractivity contribution in [3.05, 3.63) is 41.8 Å². The van der Waals surface area contributed by atoms with E-state index in [1.54, 1.807) is 22.9 Å². The summed E-state index contributed by atoms with van der Waals surface area (Å²) >= 11 is 0. The smallest absolute Gasteiger partial charge is 0.146 e. The van der Waals surface area contributed by atoms with Crippen LogP contribution < -0.4 is 11.5 Å². The number of halogens is 1. The third-order valence-corrected chi connectivity index (χ3v) is 2.06. The number of nitrogens with two attached hydrogens (primary N) is 2. The Bertz CT molecular complexity index is 478. The fourth-order valence-electron chi connectivity index (χ4n) is 1.42. The van der Waals surface area contributed by atoms with Crippen molar-refractivity contribution in [2.24, 2.45) is 5.73 Å². The van der Waals surface area contributed by atoms with Gasteiger partial charge in [-0.3, -0.25) is 0 Å². The Morgan fingerprint density at radius 2 is 2.13 bits per heavy atom. The zero-order valence-electron chi connectivity index (χ0n) is 8.02. The quantitative estimate of drug-likeness (QED) is 0.771.